The topological polar surface area (TPSA) is 26.3 Å². The first kappa shape index (κ1) is 11.9. The molecule has 1 aromatic rings. The Kier molecular flexibility index (Phi) is 4.49. The zero-order valence-corrected chi connectivity index (χ0v) is 9.75. The Hall–Kier alpha value is -1.16. The van der Waals surface area contributed by atoms with Crippen molar-refractivity contribution >= 4 is 28.0 Å². The lowest BCUT2D eigenvalue weighted by Crippen LogP contribution is -2.03. The quantitative estimate of drug-likeness (QED) is 0.623. The molecule has 0 amide bonds. The second-order valence-electron chi connectivity index (χ2n) is 2.76. The molecular weight excluding hydrogens is 263 g/mol. The summed E-state index contributed by atoms with van der Waals surface area (Å²) in [7, 11) is 0. The van der Waals surface area contributed by atoms with Crippen LogP contribution in [0.2, 0.25) is 0 Å². The van der Waals surface area contributed by atoms with Crippen LogP contribution in [0.25, 0.3) is 6.08 Å². The number of esters is 1. The molecular formula is C11H10BrFO2. The third-order valence-corrected chi connectivity index (χ3v) is 2.16. The van der Waals surface area contributed by atoms with E-state index in [1.54, 1.807) is 31.2 Å². The van der Waals surface area contributed by atoms with Crippen molar-refractivity contribution in [3.63, 3.8) is 0 Å². The van der Waals surface area contributed by atoms with E-state index in [4.69, 9.17) is 0 Å². The lowest BCUT2D eigenvalue weighted by atomic mass is 10.2. The molecule has 0 bridgehead atoms. The van der Waals surface area contributed by atoms with Gasteiger partial charge in [-0.2, -0.15) is 4.39 Å². The van der Waals surface area contributed by atoms with Crippen molar-refractivity contribution in [2.75, 3.05) is 6.61 Å². The Labute approximate surface area is 95.9 Å². The van der Waals surface area contributed by atoms with Crippen LogP contribution in [0.4, 0.5) is 4.39 Å². The highest BCUT2D eigenvalue weighted by molar-refractivity contribution is 9.10. The van der Waals surface area contributed by atoms with Crippen molar-refractivity contribution in [2.45, 2.75) is 6.92 Å². The monoisotopic (exact) mass is 272 g/mol. The van der Waals surface area contributed by atoms with Gasteiger partial charge in [0, 0.05) is 4.47 Å². The molecule has 15 heavy (non-hydrogen) atoms. The first-order chi connectivity index (χ1) is 7.13. The van der Waals surface area contributed by atoms with E-state index in [9.17, 15) is 9.18 Å². The predicted molar refractivity (Wildman–Crippen MR) is 59.9 cm³/mol. The van der Waals surface area contributed by atoms with Crippen molar-refractivity contribution in [1.82, 2.24) is 0 Å². The van der Waals surface area contributed by atoms with Gasteiger partial charge in [0.25, 0.3) is 0 Å². The van der Waals surface area contributed by atoms with Gasteiger partial charge in [0.05, 0.1) is 6.61 Å². The van der Waals surface area contributed by atoms with Crippen LogP contribution in [-0.2, 0) is 9.53 Å². The molecule has 1 aromatic carbocycles. The molecule has 0 fully saturated rings. The summed E-state index contributed by atoms with van der Waals surface area (Å²) in [5.41, 5.74) is 0.615. The Bertz CT molecular complexity index is 371. The second-order valence-corrected chi connectivity index (χ2v) is 3.68. The highest BCUT2D eigenvalue weighted by Gasteiger charge is 2.08. The minimum Gasteiger partial charge on any atom is -0.461 e. The highest BCUT2D eigenvalue weighted by Crippen LogP contribution is 2.14. The number of rotatable bonds is 3. The molecule has 0 saturated carbocycles. The number of benzene rings is 1. The maximum absolute atomic E-state index is 13.1. The van der Waals surface area contributed by atoms with Gasteiger partial charge in [-0.1, -0.05) is 28.1 Å². The third-order valence-electron chi connectivity index (χ3n) is 1.63. The van der Waals surface area contributed by atoms with Gasteiger partial charge in [0.1, 0.15) is 0 Å². The molecule has 0 N–H and O–H groups in total. The fourth-order valence-corrected chi connectivity index (χ4v) is 1.23. The van der Waals surface area contributed by atoms with E-state index in [1.165, 1.54) is 0 Å². The van der Waals surface area contributed by atoms with E-state index in [0.29, 0.717) is 5.56 Å². The van der Waals surface area contributed by atoms with Crippen LogP contribution >= 0.6 is 15.9 Å². The summed E-state index contributed by atoms with van der Waals surface area (Å²) >= 11 is 3.26. The molecule has 0 atom stereocenters. The summed E-state index contributed by atoms with van der Waals surface area (Å²) in [6.45, 7) is 1.80. The highest BCUT2D eigenvalue weighted by atomic mass is 79.9. The fourth-order valence-electron chi connectivity index (χ4n) is 0.964. The summed E-state index contributed by atoms with van der Waals surface area (Å²) in [6.07, 6.45) is 1.14. The van der Waals surface area contributed by atoms with Gasteiger partial charge in [-0.05, 0) is 30.7 Å². The Morgan fingerprint density at radius 1 is 1.47 bits per heavy atom. The largest absolute Gasteiger partial charge is 0.461 e. The van der Waals surface area contributed by atoms with Crippen LogP contribution < -0.4 is 0 Å². The number of carbonyl (C=O) groups excluding carboxylic acids is 1. The minimum absolute atomic E-state index is 0.167. The lowest BCUT2D eigenvalue weighted by molar-refractivity contribution is -0.140. The molecule has 0 saturated heterocycles. The van der Waals surface area contributed by atoms with Gasteiger partial charge in [0.2, 0.25) is 5.83 Å². The summed E-state index contributed by atoms with van der Waals surface area (Å²) < 4.78 is 18.6. The van der Waals surface area contributed by atoms with E-state index in [1.807, 2.05) is 0 Å². The van der Waals surface area contributed by atoms with Gasteiger partial charge >= 0.3 is 5.97 Å². The summed E-state index contributed by atoms with van der Waals surface area (Å²) in [6, 6.07) is 6.93. The molecule has 0 spiro atoms. The van der Waals surface area contributed by atoms with Crippen molar-refractivity contribution in [1.29, 1.82) is 0 Å². The Morgan fingerprint density at radius 3 is 2.60 bits per heavy atom. The van der Waals surface area contributed by atoms with Crippen LogP contribution in [0, 0.1) is 0 Å². The Balaban J connectivity index is 2.78. The number of carbonyl (C=O) groups is 1. The standard InChI is InChI=1S/C11H10BrFO2/c1-2-15-11(14)10(13)7-8-3-5-9(12)6-4-8/h3-7H,2H2,1H3/b10-7-. The van der Waals surface area contributed by atoms with Gasteiger partial charge in [0.15, 0.2) is 0 Å². The van der Waals surface area contributed by atoms with Crippen molar-refractivity contribution in [2.24, 2.45) is 0 Å². The Morgan fingerprint density at radius 2 is 2.07 bits per heavy atom. The number of halogens is 2. The molecule has 0 aliphatic rings. The van der Waals surface area contributed by atoms with Crippen molar-refractivity contribution < 1.29 is 13.9 Å². The molecule has 0 aliphatic heterocycles. The van der Waals surface area contributed by atoms with Crippen LogP contribution in [0.3, 0.4) is 0 Å². The van der Waals surface area contributed by atoms with Gasteiger partial charge < -0.3 is 4.74 Å². The molecule has 0 radical (unpaired) electrons. The molecule has 0 aliphatic carbocycles. The van der Waals surface area contributed by atoms with E-state index in [2.05, 4.69) is 20.7 Å². The third kappa shape index (κ3) is 3.83. The molecule has 4 heteroatoms. The summed E-state index contributed by atoms with van der Waals surface area (Å²) in [5, 5.41) is 0. The number of ether oxygens (including phenoxy) is 1. The molecule has 1 rings (SSSR count). The van der Waals surface area contributed by atoms with E-state index in [-0.39, 0.29) is 6.61 Å². The minimum atomic E-state index is -0.930. The SMILES string of the molecule is CCOC(=O)/C(F)=C/c1ccc(Br)cc1. The molecule has 0 unspecified atom stereocenters. The lowest BCUT2D eigenvalue weighted by Gasteiger charge is -1.98. The summed E-state index contributed by atoms with van der Waals surface area (Å²) in [5.74, 6) is -1.82. The molecule has 0 heterocycles. The molecule has 2 nitrogen and oxygen atoms in total. The van der Waals surface area contributed by atoms with Crippen molar-refractivity contribution in [3.8, 4) is 0 Å². The van der Waals surface area contributed by atoms with E-state index >= 15 is 0 Å². The van der Waals surface area contributed by atoms with Gasteiger partial charge in [-0.3, -0.25) is 0 Å². The zero-order valence-electron chi connectivity index (χ0n) is 8.17. The maximum atomic E-state index is 13.1. The van der Waals surface area contributed by atoms with Crippen LogP contribution in [-0.4, -0.2) is 12.6 Å². The molecule has 80 valence electrons. The summed E-state index contributed by atoms with van der Waals surface area (Å²) in [4.78, 5) is 10.9. The average Bonchev–Trinajstić information content (AvgIpc) is 2.22. The van der Waals surface area contributed by atoms with E-state index in [0.717, 1.165) is 10.5 Å². The number of hydrogen-bond acceptors (Lipinski definition) is 2. The second kappa shape index (κ2) is 5.66. The van der Waals surface area contributed by atoms with Crippen LogP contribution in [0.1, 0.15) is 12.5 Å². The first-order valence-corrected chi connectivity index (χ1v) is 5.22. The first-order valence-electron chi connectivity index (χ1n) is 4.43. The van der Waals surface area contributed by atoms with Gasteiger partial charge in [-0.25, -0.2) is 4.79 Å². The van der Waals surface area contributed by atoms with Crippen LogP contribution in [0.5, 0.6) is 0 Å². The smallest absolute Gasteiger partial charge is 0.367 e. The predicted octanol–water partition coefficient (Wildman–Crippen LogP) is 3.32. The van der Waals surface area contributed by atoms with Crippen LogP contribution in [0.15, 0.2) is 34.6 Å². The fraction of sp³-hybridized carbons (Fsp3) is 0.182. The normalized spacial score (nSPS) is 11.3. The maximum Gasteiger partial charge on any atom is 0.367 e. The van der Waals surface area contributed by atoms with Crippen molar-refractivity contribution in [3.05, 3.63) is 40.1 Å². The van der Waals surface area contributed by atoms with Gasteiger partial charge in [-0.15, -0.1) is 0 Å². The number of hydrogen-bond donors (Lipinski definition) is 0. The molecule has 0 aromatic heterocycles. The van der Waals surface area contributed by atoms with E-state index < -0.39 is 11.8 Å². The average molecular weight is 273 g/mol. The zero-order chi connectivity index (χ0) is 11.3.